The molecule has 0 spiro atoms. The summed E-state index contributed by atoms with van der Waals surface area (Å²) in [4.78, 5) is 63.8. The molecule has 0 atom stereocenters. The number of para-hydroxylation sites is 1. The molecule has 1 aromatic heterocycles. The first kappa shape index (κ1) is 24.1. The topological polar surface area (TPSA) is 110 Å². The summed E-state index contributed by atoms with van der Waals surface area (Å²) in [6, 6.07) is 12.4. The number of hydrogen-bond donors (Lipinski definition) is 1. The summed E-state index contributed by atoms with van der Waals surface area (Å²) >= 11 is 0.697. The Labute approximate surface area is 202 Å². The smallest absolute Gasteiger partial charge is 0.331 e. The summed E-state index contributed by atoms with van der Waals surface area (Å²) in [5.41, 5.74) is -0.493. The van der Waals surface area contributed by atoms with Crippen molar-refractivity contribution >= 4 is 45.8 Å². The van der Waals surface area contributed by atoms with Crippen LogP contribution in [0.4, 0.5) is 9.18 Å². The number of halogens is 1. The number of benzene rings is 2. The summed E-state index contributed by atoms with van der Waals surface area (Å²) in [7, 11) is 0. The number of rotatable bonds is 7. The van der Waals surface area contributed by atoms with Gasteiger partial charge in [-0.05, 0) is 43.0 Å². The monoisotopic (exact) mass is 496 g/mol. The van der Waals surface area contributed by atoms with Gasteiger partial charge in [0, 0.05) is 25.2 Å². The van der Waals surface area contributed by atoms with Crippen molar-refractivity contribution in [3.63, 3.8) is 0 Å². The highest BCUT2D eigenvalue weighted by Gasteiger charge is 2.34. The number of nitrogens with zero attached hydrogens (tertiary/aromatic N) is 3. The van der Waals surface area contributed by atoms with Gasteiger partial charge in [0.1, 0.15) is 12.4 Å². The van der Waals surface area contributed by atoms with E-state index in [2.05, 4.69) is 5.32 Å². The van der Waals surface area contributed by atoms with Gasteiger partial charge in [-0.25, -0.2) is 9.18 Å². The first-order valence-corrected chi connectivity index (χ1v) is 11.6. The lowest BCUT2D eigenvalue weighted by atomic mass is 10.2. The lowest BCUT2D eigenvalue weighted by Crippen LogP contribution is -2.43. The Kier molecular flexibility index (Phi) is 6.97. The maximum Gasteiger partial charge on any atom is 0.331 e. The van der Waals surface area contributed by atoms with E-state index in [9.17, 15) is 28.4 Å². The van der Waals surface area contributed by atoms with Gasteiger partial charge >= 0.3 is 5.69 Å². The molecule has 1 N–H and O–H groups in total. The zero-order chi connectivity index (χ0) is 25.1. The van der Waals surface area contributed by atoms with Gasteiger partial charge in [-0.15, -0.1) is 0 Å². The van der Waals surface area contributed by atoms with Crippen LogP contribution in [0.5, 0.6) is 0 Å². The predicted octanol–water partition coefficient (Wildman–Crippen LogP) is 2.17. The fourth-order valence-corrected chi connectivity index (χ4v) is 4.59. The van der Waals surface area contributed by atoms with Gasteiger partial charge in [0.25, 0.3) is 16.7 Å². The van der Waals surface area contributed by atoms with Crippen LogP contribution in [0.3, 0.4) is 0 Å². The number of fused-ring (bicyclic) bond motifs is 1. The molecule has 3 aromatic rings. The Morgan fingerprint density at radius 1 is 1.03 bits per heavy atom. The van der Waals surface area contributed by atoms with E-state index in [1.165, 1.54) is 28.8 Å². The SMILES string of the molecule is CCn1c(=O)c2ccccc2n(CC(=O)NCCN2C(=O)S/C(=C\c3ccccc3F)C2=O)c1=O. The molecule has 180 valence electrons. The van der Waals surface area contributed by atoms with Crippen molar-refractivity contribution in [3.05, 3.63) is 85.7 Å². The highest BCUT2D eigenvalue weighted by atomic mass is 32.2. The number of carbonyl (C=O) groups is 3. The zero-order valence-electron chi connectivity index (χ0n) is 18.7. The van der Waals surface area contributed by atoms with Crippen LogP contribution in [0.25, 0.3) is 17.0 Å². The first-order chi connectivity index (χ1) is 16.8. The number of nitrogens with one attached hydrogen (secondary N) is 1. The maximum atomic E-state index is 13.9. The van der Waals surface area contributed by atoms with Gasteiger partial charge < -0.3 is 5.32 Å². The van der Waals surface area contributed by atoms with Gasteiger partial charge in [0.05, 0.1) is 15.8 Å². The molecule has 1 aliphatic heterocycles. The second-order valence-corrected chi connectivity index (χ2v) is 8.63. The molecular weight excluding hydrogens is 475 g/mol. The van der Waals surface area contributed by atoms with E-state index in [0.29, 0.717) is 22.7 Å². The van der Waals surface area contributed by atoms with Gasteiger partial charge in [-0.2, -0.15) is 0 Å². The quantitative estimate of drug-likeness (QED) is 0.502. The Balaban J connectivity index is 1.43. The highest BCUT2D eigenvalue weighted by molar-refractivity contribution is 8.18. The number of amides is 3. The summed E-state index contributed by atoms with van der Waals surface area (Å²) in [6.45, 7) is 1.36. The van der Waals surface area contributed by atoms with Gasteiger partial charge in [-0.1, -0.05) is 30.3 Å². The van der Waals surface area contributed by atoms with E-state index < -0.39 is 34.1 Å². The predicted molar refractivity (Wildman–Crippen MR) is 130 cm³/mol. The van der Waals surface area contributed by atoms with Crippen LogP contribution in [0.15, 0.2) is 63.0 Å². The van der Waals surface area contributed by atoms with Gasteiger partial charge in [-0.3, -0.25) is 33.2 Å². The van der Waals surface area contributed by atoms with E-state index in [0.717, 1.165) is 9.47 Å². The molecule has 0 bridgehead atoms. The third kappa shape index (κ3) is 4.80. The largest absolute Gasteiger partial charge is 0.353 e. The molecule has 1 aliphatic rings. The molecule has 9 nitrogen and oxygen atoms in total. The summed E-state index contributed by atoms with van der Waals surface area (Å²) in [6.07, 6.45) is 1.32. The molecule has 35 heavy (non-hydrogen) atoms. The van der Waals surface area contributed by atoms with Gasteiger partial charge in [0.2, 0.25) is 5.91 Å². The Hall–Kier alpha value is -3.99. The van der Waals surface area contributed by atoms with E-state index in [-0.39, 0.29) is 36.6 Å². The van der Waals surface area contributed by atoms with E-state index >= 15 is 0 Å². The second kappa shape index (κ2) is 10.1. The molecule has 2 aromatic carbocycles. The molecule has 2 heterocycles. The Morgan fingerprint density at radius 3 is 2.49 bits per heavy atom. The van der Waals surface area contributed by atoms with Crippen LogP contribution < -0.4 is 16.6 Å². The van der Waals surface area contributed by atoms with Crippen molar-refractivity contribution in [3.8, 4) is 0 Å². The van der Waals surface area contributed by atoms with E-state index in [4.69, 9.17) is 0 Å². The molecule has 0 aliphatic carbocycles. The van der Waals surface area contributed by atoms with Crippen molar-refractivity contribution in [1.82, 2.24) is 19.4 Å². The summed E-state index contributed by atoms with van der Waals surface area (Å²) < 4.78 is 16.1. The maximum absolute atomic E-state index is 13.9. The van der Waals surface area contributed by atoms with Crippen LogP contribution in [0.2, 0.25) is 0 Å². The Morgan fingerprint density at radius 2 is 1.74 bits per heavy atom. The van der Waals surface area contributed by atoms with Crippen molar-refractivity contribution < 1.29 is 18.8 Å². The minimum Gasteiger partial charge on any atom is -0.353 e. The minimum absolute atomic E-state index is 0.0377. The van der Waals surface area contributed by atoms with E-state index in [1.807, 2.05) is 0 Å². The molecule has 3 amide bonds. The number of hydrogen-bond acceptors (Lipinski definition) is 6. The fourth-order valence-electron chi connectivity index (χ4n) is 3.74. The molecule has 11 heteroatoms. The summed E-state index contributed by atoms with van der Waals surface area (Å²) in [5.74, 6) is -1.61. The van der Waals surface area contributed by atoms with Crippen LogP contribution in [-0.2, 0) is 22.7 Å². The normalized spacial score (nSPS) is 14.8. The number of aromatic nitrogens is 2. The van der Waals surface area contributed by atoms with E-state index in [1.54, 1.807) is 37.3 Å². The van der Waals surface area contributed by atoms with Crippen molar-refractivity contribution in [2.24, 2.45) is 0 Å². The first-order valence-electron chi connectivity index (χ1n) is 10.8. The average Bonchev–Trinajstić information content (AvgIpc) is 3.11. The average molecular weight is 497 g/mol. The van der Waals surface area contributed by atoms with Crippen LogP contribution >= 0.6 is 11.8 Å². The Bertz CT molecular complexity index is 1490. The number of imide groups is 1. The van der Waals surface area contributed by atoms with Gasteiger partial charge in [0.15, 0.2) is 0 Å². The molecule has 1 saturated heterocycles. The lowest BCUT2D eigenvalue weighted by molar-refractivity contribution is -0.124. The number of carbonyl (C=O) groups excluding carboxylic acids is 3. The van der Waals surface area contributed by atoms with Crippen LogP contribution in [0.1, 0.15) is 12.5 Å². The molecule has 4 rings (SSSR count). The minimum atomic E-state index is -0.601. The van der Waals surface area contributed by atoms with Crippen LogP contribution in [-0.4, -0.2) is 44.2 Å². The molecule has 1 fully saturated rings. The number of thioether (sulfide) groups is 1. The molecule has 0 saturated carbocycles. The second-order valence-electron chi connectivity index (χ2n) is 7.64. The van der Waals surface area contributed by atoms with Crippen molar-refractivity contribution in [1.29, 1.82) is 0 Å². The molecule has 0 unspecified atom stereocenters. The third-order valence-corrected chi connectivity index (χ3v) is 6.38. The van der Waals surface area contributed by atoms with Crippen LogP contribution in [0, 0.1) is 5.82 Å². The fraction of sp³-hybridized carbons (Fsp3) is 0.208. The standard InChI is InChI=1S/C24H21FN4O5S/c1-2-27-21(31)16-8-4-6-10-18(16)29(23(27)33)14-20(30)26-11-12-28-22(32)19(35-24(28)34)13-15-7-3-5-9-17(15)25/h3-10,13H,2,11-12,14H2,1H3,(H,26,30)/b19-13-. The van der Waals surface area contributed by atoms with Crippen molar-refractivity contribution in [2.45, 2.75) is 20.0 Å². The summed E-state index contributed by atoms with van der Waals surface area (Å²) in [5, 5.41) is 2.39. The highest BCUT2D eigenvalue weighted by Crippen LogP contribution is 2.32. The molecular formula is C24H21FN4O5S. The molecule has 0 radical (unpaired) electrons. The lowest BCUT2D eigenvalue weighted by Gasteiger charge is -2.15. The third-order valence-electron chi connectivity index (χ3n) is 5.47. The zero-order valence-corrected chi connectivity index (χ0v) is 19.5. The van der Waals surface area contributed by atoms with Crippen molar-refractivity contribution in [2.75, 3.05) is 13.1 Å².